The molecule has 0 amide bonds. The van der Waals surface area contributed by atoms with Gasteiger partial charge in [-0.15, -0.1) is 0 Å². The van der Waals surface area contributed by atoms with E-state index in [9.17, 15) is 0 Å². The van der Waals surface area contributed by atoms with Crippen LogP contribution in [0, 0.1) is 0 Å². The predicted octanol–water partition coefficient (Wildman–Crippen LogP) is 2.55. The summed E-state index contributed by atoms with van der Waals surface area (Å²) in [6.07, 6.45) is 0. The standard InChI is InChI=1S/C15H14N2/c1-12-16-15(17-12,13-8-4-2-5-9-13)14-10-6-3-7-11-14/h2-11,16-17H,1H2. The average Bonchev–Trinajstić information content (AvgIpc) is 2.37. The van der Waals surface area contributed by atoms with Crippen LogP contribution < -0.4 is 10.6 Å². The minimum Gasteiger partial charge on any atom is -0.342 e. The van der Waals surface area contributed by atoms with Crippen molar-refractivity contribution in [1.82, 2.24) is 10.6 Å². The van der Waals surface area contributed by atoms with Crippen molar-refractivity contribution in [3.63, 3.8) is 0 Å². The van der Waals surface area contributed by atoms with Gasteiger partial charge in [-0.1, -0.05) is 67.2 Å². The molecule has 0 aliphatic carbocycles. The van der Waals surface area contributed by atoms with E-state index in [1.54, 1.807) is 0 Å². The molecule has 0 radical (unpaired) electrons. The smallest absolute Gasteiger partial charge is 0.163 e. The Kier molecular flexibility index (Phi) is 2.15. The minimum atomic E-state index is -0.320. The lowest BCUT2D eigenvalue weighted by atomic mass is 9.88. The number of rotatable bonds is 2. The second-order valence-electron chi connectivity index (χ2n) is 4.21. The highest BCUT2D eigenvalue weighted by molar-refractivity contribution is 5.43. The van der Waals surface area contributed by atoms with E-state index in [0.717, 1.165) is 5.82 Å². The monoisotopic (exact) mass is 222 g/mol. The summed E-state index contributed by atoms with van der Waals surface area (Å²) in [4.78, 5) is 0. The van der Waals surface area contributed by atoms with Crippen LogP contribution in [0.15, 0.2) is 73.1 Å². The van der Waals surface area contributed by atoms with Gasteiger partial charge in [-0.2, -0.15) is 0 Å². The van der Waals surface area contributed by atoms with Crippen LogP contribution in [0.25, 0.3) is 0 Å². The van der Waals surface area contributed by atoms with Crippen molar-refractivity contribution in [3.05, 3.63) is 84.2 Å². The van der Waals surface area contributed by atoms with Gasteiger partial charge in [0.1, 0.15) is 0 Å². The molecule has 2 aromatic rings. The Balaban J connectivity index is 2.09. The second kappa shape index (κ2) is 3.67. The molecule has 0 spiro atoms. The van der Waals surface area contributed by atoms with Gasteiger partial charge in [0, 0.05) is 11.1 Å². The van der Waals surface area contributed by atoms with Gasteiger partial charge in [0.05, 0.1) is 5.82 Å². The normalized spacial score (nSPS) is 16.6. The Labute approximate surface area is 101 Å². The topological polar surface area (TPSA) is 24.1 Å². The van der Waals surface area contributed by atoms with Crippen molar-refractivity contribution < 1.29 is 0 Å². The third kappa shape index (κ3) is 1.49. The highest BCUT2D eigenvalue weighted by Crippen LogP contribution is 2.33. The third-order valence-corrected chi connectivity index (χ3v) is 3.09. The molecule has 1 fully saturated rings. The SMILES string of the molecule is C=C1NC(c2ccccc2)(c2ccccc2)N1. The molecule has 2 N–H and O–H groups in total. The van der Waals surface area contributed by atoms with Crippen molar-refractivity contribution in [2.24, 2.45) is 0 Å². The van der Waals surface area contributed by atoms with Gasteiger partial charge in [0.25, 0.3) is 0 Å². The first kappa shape index (κ1) is 9.97. The van der Waals surface area contributed by atoms with Crippen molar-refractivity contribution in [2.75, 3.05) is 0 Å². The zero-order valence-electron chi connectivity index (χ0n) is 9.48. The van der Waals surface area contributed by atoms with E-state index in [0.29, 0.717) is 0 Å². The lowest BCUT2D eigenvalue weighted by Crippen LogP contribution is -2.66. The average molecular weight is 222 g/mol. The summed E-state index contributed by atoms with van der Waals surface area (Å²) in [7, 11) is 0. The summed E-state index contributed by atoms with van der Waals surface area (Å²) in [5.41, 5.74) is 2.07. The summed E-state index contributed by atoms with van der Waals surface area (Å²) in [5, 5.41) is 6.77. The Hall–Kier alpha value is -2.22. The fourth-order valence-electron chi connectivity index (χ4n) is 2.28. The van der Waals surface area contributed by atoms with E-state index in [1.165, 1.54) is 11.1 Å². The maximum atomic E-state index is 3.88. The highest BCUT2D eigenvalue weighted by Gasteiger charge is 2.41. The van der Waals surface area contributed by atoms with Gasteiger partial charge in [-0.05, 0) is 0 Å². The largest absolute Gasteiger partial charge is 0.342 e. The van der Waals surface area contributed by atoms with E-state index in [-0.39, 0.29) is 5.66 Å². The molecule has 2 aromatic carbocycles. The molecular formula is C15H14N2. The highest BCUT2D eigenvalue weighted by atomic mass is 15.4. The van der Waals surface area contributed by atoms with Gasteiger partial charge < -0.3 is 10.6 Å². The maximum absolute atomic E-state index is 3.88. The molecule has 1 saturated heterocycles. The van der Waals surface area contributed by atoms with Crippen LogP contribution in [0.1, 0.15) is 11.1 Å². The van der Waals surface area contributed by atoms with Crippen LogP contribution in [0.4, 0.5) is 0 Å². The molecule has 84 valence electrons. The fraction of sp³-hybridized carbons (Fsp3) is 0.0667. The Morgan fingerprint density at radius 1 is 0.706 bits per heavy atom. The molecule has 0 bridgehead atoms. The summed E-state index contributed by atoms with van der Waals surface area (Å²) >= 11 is 0. The zero-order valence-corrected chi connectivity index (χ0v) is 9.48. The summed E-state index contributed by atoms with van der Waals surface area (Å²) < 4.78 is 0. The minimum absolute atomic E-state index is 0.320. The number of nitrogens with one attached hydrogen (secondary N) is 2. The van der Waals surface area contributed by atoms with E-state index < -0.39 is 0 Å². The zero-order chi connectivity index (χ0) is 11.7. The summed E-state index contributed by atoms with van der Waals surface area (Å²) in [6.45, 7) is 3.88. The first-order valence-corrected chi connectivity index (χ1v) is 5.67. The van der Waals surface area contributed by atoms with Crippen LogP contribution in [-0.4, -0.2) is 0 Å². The molecule has 0 aromatic heterocycles. The quantitative estimate of drug-likeness (QED) is 0.816. The van der Waals surface area contributed by atoms with E-state index in [1.807, 2.05) is 36.4 Å². The van der Waals surface area contributed by atoms with E-state index in [4.69, 9.17) is 0 Å². The van der Waals surface area contributed by atoms with Crippen LogP contribution >= 0.6 is 0 Å². The molecule has 1 aliphatic heterocycles. The van der Waals surface area contributed by atoms with Crippen molar-refractivity contribution in [2.45, 2.75) is 5.66 Å². The molecule has 0 atom stereocenters. The van der Waals surface area contributed by atoms with Gasteiger partial charge in [0.15, 0.2) is 5.66 Å². The molecule has 2 nitrogen and oxygen atoms in total. The van der Waals surface area contributed by atoms with Gasteiger partial charge in [0.2, 0.25) is 0 Å². The third-order valence-electron chi connectivity index (χ3n) is 3.09. The fourth-order valence-corrected chi connectivity index (χ4v) is 2.28. The van der Waals surface area contributed by atoms with Crippen molar-refractivity contribution in [3.8, 4) is 0 Å². The van der Waals surface area contributed by atoms with Crippen molar-refractivity contribution in [1.29, 1.82) is 0 Å². The van der Waals surface area contributed by atoms with Crippen LogP contribution in [0.3, 0.4) is 0 Å². The molecule has 2 heteroatoms. The number of benzene rings is 2. The first-order chi connectivity index (χ1) is 8.31. The molecule has 0 unspecified atom stereocenters. The first-order valence-electron chi connectivity index (χ1n) is 5.67. The molecule has 1 aliphatic rings. The van der Waals surface area contributed by atoms with Gasteiger partial charge >= 0.3 is 0 Å². The molecule has 3 rings (SSSR count). The van der Waals surface area contributed by atoms with Crippen LogP contribution in [-0.2, 0) is 5.66 Å². The Morgan fingerprint density at radius 3 is 1.47 bits per heavy atom. The van der Waals surface area contributed by atoms with Crippen molar-refractivity contribution >= 4 is 0 Å². The van der Waals surface area contributed by atoms with E-state index in [2.05, 4.69) is 41.5 Å². The van der Waals surface area contributed by atoms with E-state index >= 15 is 0 Å². The molecule has 17 heavy (non-hydrogen) atoms. The number of hydrogen-bond donors (Lipinski definition) is 2. The number of hydrogen-bond acceptors (Lipinski definition) is 2. The lowest BCUT2D eigenvalue weighted by Gasteiger charge is -2.48. The molecular weight excluding hydrogens is 208 g/mol. The molecule has 1 heterocycles. The van der Waals surface area contributed by atoms with Gasteiger partial charge in [-0.25, -0.2) is 0 Å². The van der Waals surface area contributed by atoms with Gasteiger partial charge in [-0.3, -0.25) is 0 Å². The predicted molar refractivity (Wildman–Crippen MR) is 69.1 cm³/mol. The van der Waals surface area contributed by atoms with Crippen LogP contribution in [0.5, 0.6) is 0 Å². The van der Waals surface area contributed by atoms with Crippen LogP contribution in [0.2, 0.25) is 0 Å². The summed E-state index contributed by atoms with van der Waals surface area (Å²) in [5.74, 6) is 0.859. The summed E-state index contributed by atoms with van der Waals surface area (Å²) in [6, 6.07) is 20.7. The Bertz CT molecular complexity index is 482. The lowest BCUT2D eigenvalue weighted by molar-refractivity contribution is 0.268. The maximum Gasteiger partial charge on any atom is 0.163 e. The Morgan fingerprint density at radius 2 is 1.12 bits per heavy atom. The molecule has 0 saturated carbocycles. The second-order valence-corrected chi connectivity index (χ2v) is 4.21.